The minimum atomic E-state index is -5.08. The largest absolute Gasteiger partial charge is 0.490 e. The van der Waals surface area contributed by atoms with E-state index in [-0.39, 0.29) is 5.91 Å². The molecule has 1 spiro atoms. The molecule has 1 aromatic carbocycles. The number of carbonyl (C=O) groups is 3. The van der Waals surface area contributed by atoms with Gasteiger partial charge in [0.25, 0.3) is 5.91 Å². The first-order valence-corrected chi connectivity index (χ1v) is 13.3. The number of para-hydroxylation sites is 2. The molecular formula is C28H29F6N5O6. The summed E-state index contributed by atoms with van der Waals surface area (Å²) in [6, 6.07) is 12.0. The molecule has 0 radical (unpaired) electrons. The number of hydrogen-bond acceptors (Lipinski definition) is 8. The van der Waals surface area contributed by atoms with Crippen LogP contribution < -0.4 is 10.2 Å². The number of nitrogens with zero attached hydrogens (tertiary/aromatic N) is 4. The number of likely N-dealkylation sites (tertiary alicyclic amines) is 1. The maximum Gasteiger partial charge on any atom is 0.490 e. The number of carboxylic acids is 2. The zero-order valence-corrected chi connectivity index (χ0v) is 23.9. The average Bonchev–Trinajstić information content (AvgIpc) is 3.29. The molecule has 3 aromatic rings. The summed E-state index contributed by atoms with van der Waals surface area (Å²) in [6.45, 7) is 6.95. The van der Waals surface area contributed by atoms with Crippen LogP contribution in [0.2, 0.25) is 0 Å². The molecule has 45 heavy (non-hydrogen) atoms. The molecule has 17 heteroatoms. The Morgan fingerprint density at radius 3 is 2.02 bits per heavy atom. The van der Waals surface area contributed by atoms with Crippen molar-refractivity contribution in [3.63, 3.8) is 0 Å². The van der Waals surface area contributed by atoms with E-state index in [1.165, 1.54) is 0 Å². The van der Waals surface area contributed by atoms with Gasteiger partial charge in [0.15, 0.2) is 0 Å². The fourth-order valence-electron chi connectivity index (χ4n) is 4.71. The van der Waals surface area contributed by atoms with Crippen molar-refractivity contribution in [2.45, 2.75) is 57.7 Å². The van der Waals surface area contributed by atoms with Crippen molar-refractivity contribution in [3.8, 4) is 0 Å². The van der Waals surface area contributed by atoms with Crippen molar-refractivity contribution < 1.29 is 55.5 Å². The van der Waals surface area contributed by atoms with Crippen molar-refractivity contribution in [2.24, 2.45) is 0 Å². The number of fused-ring (bicyclic) bond motifs is 1. The number of aryl methyl sites for hydroxylation is 2. The van der Waals surface area contributed by atoms with Crippen molar-refractivity contribution in [3.05, 3.63) is 71.4 Å². The summed E-state index contributed by atoms with van der Waals surface area (Å²) < 4.78 is 68.8. The van der Waals surface area contributed by atoms with Gasteiger partial charge in [-0.25, -0.2) is 9.59 Å². The minimum absolute atomic E-state index is 0.145. The quantitative estimate of drug-likeness (QED) is 0.333. The number of anilines is 2. The zero-order chi connectivity index (χ0) is 33.6. The number of rotatable bonds is 4. The van der Waals surface area contributed by atoms with E-state index in [9.17, 15) is 31.1 Å². The Labute approximate surface area is 252 Å². The molecule has 2 aromatic heterocycles. The number of hydrogen-bond donors (Lipinski definition) is 3. The van der Waals surface area contributed by atoms with Gasteiger partial charge in [0.1, 0.15) is 11.3 Å². The Hall–Kier alpha value is -4.67. The van der Waals surface area contributed by atoms with Gasteiger partial charge in [0.2, 0.25) is 0 Å². The number of amides is 1. The van der Waals surface area contributed by atoms with Crippen LogP contribution in [0.15, 0.2) is 53.3 Å². The van der Waals surface area contributed by atoms with Gasteiger partial charge in [-0.15, -0.1) is 0 Å². The Balaban J connectivity index is 0.000000331. The maximum atomic E-state index is 13.8. The lowest BCUT2D eigenvalue weighted by atomic mass is 9.83. The molecule has 1 saturated heterocycles. The van der Waals surface area contributed by atoms with E-state index in [1.54, 1.807) is 6.20 Å². The second kappa shape index (κ2) is 14.0. The second-order valence-electron chi connectivity index (χ2n) is 10.2. The van der Waals surface area contributed by atoms with Crippen molar-refractivity contribution in [1.29, 1.82) is 0 Å². The Morgan fingerprint density at radius 2 is 1.53 bits per heavy atom. The van der Waals surface area contributed by atoms with Crippen LogP contribution in [0.4, 0.5) is 37.7 Å². The van der Waals surface area contributed by atoms with Crippen LogP contribution in [0.1, 0.15) is 35.4 Å². The summed E-state index contributed by atoms with van der Waals surface area (Å²) in [5, 5.41) is 21.9. The lowest BCUT2D eigenvalue weighted by Gasteiger charge is -2.47. The van der Waals surface area contributed by atoms with Crippen LogP contribution >= 0.6 is 0 Å². The van der Waals surface area contributed by atoms with Gasteiger partial charge in [-0.1, -0.05) is 23.4 Å². The number of nitrogens with one attached hydrogen (secondary N) is 1. The molecule has 0 aliphatic carbocycles. The van der Waals surface area contributed by atoms with Crippen LogP contribution in [0, 0.1) is 13.8 Å². The third kappa shape index (κ3) is 8.93. The third-order valence-corrected chi connectivity index (χ3v) is 7.04. The molecule has 2 aliphatic rings. The number of carbonyl (C=O) groups excluding carboxylic acids is 1. The molecule has 244 valence electrons. The molecule has 1 fully saturated rings. The first-order chi connectivity index (χ1) is 20.9. The Morgan fingerprint density at radius 1 is 0.956 bits per heavy atom. The molecule has 0 saturated carbocycles. The lowest BCUT2D eigenvalue weighted by Crippen LogP contribution is -2.61. The predicted molar refractivity (Wildman–Crippen MR) is 146 cm³/mol. The summed E-state index contributed by atoms with van der Waals surface area (Å²) in [5.41, 5.74) is 4.50. The predicted octanol–water partition coefficient (Wildman–Crippen LogP) is 4.95. The fourth-order valence-corrected chi connectivity index (χ4v) is 4.71. The maximum absolute atomic E-state index is 13.8. The number of piperidine rings is 1. The Bertz CT molecular complexity index is 1440. The first kappa shape index (κ1) is 34.8. The van der Waals surface area contributed by atoms with E-state index in [2.05, 4.69) is 26.4 Å². The zero-order valence-electron chi connectivity index (χ0n) is 23.9. The monoisotopic (exact) mass is 645 g/mol. The third-order valence-electron chi connectivity index (χ3n) is 7.04. The summed E-state index contributed by atoms with van der Waals surface area (Å²) in [7, 11) is 0. The van der Waals surface area contributed by atoms with Crippen molar-refractivity contribution in [1.82, 2.24) is 15.0 Å². The number of aromatic nitrogens is 2. The van der Waals surface area contributed by atoms with E-state index in [0.717, 1.165) is 66.4 Å². The van der Waals surface area contributed by atoms with E-state index < -0.39 is 29.8 Å². The number of halogens is 6. The molecule has 5 rings (SSSR count). The number of pyridine rings is 1. The van der Waals surface area contributed by atoms with E-state index >= 15 is 0 Å². The molecule has 2 aliphatic heterocycles. The molecule has 11 nitrogen and oxygen atoms in total. The standard InChI is InChI=1S/C24H27N5O2.2C2HF3O2/c1-17-20(18(2)31-27-17)16-28-12-9-24(10-13-28)23(30)29(15-19-6-5-11-25-14-19)22-8-4-3-7-21(22)26-24;2*3-2(4,5)1(6)7/h3-8,11,14,26H,9-10,12-13,15-16H2,1-2H3;2*(H,6,7). The molecule has 1 amide bonds. The van der Waals surface area contributed by atoms with Gasteiger partial charge in [0.05, 0.1) is 23.6 Å². The topological polar surface area (TPSA) is 149 Å². The number of alkyl halides is 6. The van der Waals surface area contributed by atoms with Crippen molar-refractivity contribution in [2.75, 3.05) is 23.3 Å². The van der Waals surface area contributed by atoms with E-state index in [1.807, 2.05) is 55.3 Å². The van der Waals surface area contributed by atoms with Crippen LogP contribution in [0.5, 0.6) is 0 Å². The first-order valence-electron chi connectivity index (χ1n) is 13.3. The van der Waals surface area contributed by atoms with Crippen LogP contribution in [0.25, 0.3) is 0 Å². The number of benzene rings is 1. The summed E-state index contributed by atoms with van der Waals surface area (Å²) in [5.74, 6) is -4.49. The molecule has 3 N–H and O–H groups in total. The highest BCUT2D eigenvalue weighted by Crippen LogP contribution is 2.40. The number of carboxylic acid groups (broad SMARTS) is 2. The smallest absolute Gasteiger partial charge is 0.475 e. The average molecular weight is 646 g/mol. The summed E-state index contributed by atoms with van der Waals surface area (Å²) >= 11 is 0. The second-order valence-corrected chi connectivity index (χ2v) is 10.2. The van der Waals surface area contributed by atoms with E-state index in [4.69, 9.17) is 24.3 Å². The molecule has 0 atom stereocenters. The SMILES string of the molecule is Cc1noc(C)c1CN1CCC2(CC1)Nc1ccccc1N(Cc1cccnc1)C2=O.O=C(O)C(F)(F)F.O=C(O)C(F)(F)F. The van der Waals surface area contributed by atoms with Gasteiger partial charge in [-0.3, -0.25) is 14.7 Å². The highest BCUT2D eigenvalue weighted by Gasteiger charge is 2.47. The highest BCUT2D eigenvalue weighted by atomic mass is 19.4. The molecule has 4 heterocycles. The highest BCUT2D eigenvalue weighted by molar-refractivity contribution is 6.07. The lowest BCUT2D eigenvalue weighted by molar-refractivity contribution is -0.193. The normalized spacial score (nSPS) is 16.0. The van der Waals surface area contributed by atoms with Crippen LogP contribution in [-0.2, 0) is 27.5 Å². The molecule has 0 bridgehead atoms. The van der Waals surface area contributed by atoms with Gasteiger partial charge in [0, 0.05) is 37.6 Å². The van der Waals surface area contributed by atoms with E-state index in [0.29, 0.717) is 6.54 Å². The van der Waals surface area contributed by atoms with Gasteiger partial charge < -0.3 is 25.0 Å². The molecule has 0 unspecified atom stereocenters. The fraction of sp³-hybridized carbons (Fsp3) is 0.393. The summed E-state index contributed by atoms with van der Waals surface area (Å²) in [4.78, 5) is 40.1. The minimum Gasteiger partial charge on any atom is -0.475 e. The van der Waals surface area contributed by atoms with Gasteiger partial charge >= 0.3 is 24.3 Å². The van der Waals surface area contributed by atoms with Crippen LogP contribution in [-0.4, -0.2) is 74.1 Å². The van der Waals surface area contributed by atoms with Gasteiger partial charge in [-0.2, -0.15) is 26.3 Å². The summed E-state index contributed by atoms with van der Waals surface area (Å²) in [6.07, 6.45) is -5.07. The van der Waals surface area contributed by atoms with Gasteiger partial charge in [-0.05, 0) is 50.5 Å². The molecular weight excluding hydrogens is 616 g/mol. The number of aliphatic carboxylic acids is 2. The van der Waals surface area contributed by atoms with Crippen LogP contribution in [0.3, 0.4) is 0 Å². The Kier molecular flexibility index (Phi) is 10.8. The van der Waals surface area contributed by atoms with Crippen molar-refractivity contribution >= 4 is 29.2 Å².